The topological polar surface area (TPSA) is 91.2 Å². The highest BCUT2D eigenvalue weighted by Gasteiger charge is 2.16. The molecular weight excluding hydrogens is 174 g/mol. The van der Waals surface area contributed by atoms with Crippen LogP contribution in [0.3, 0.4) is 0 Å². The molecule has 6 nitrogen and oxygen atoms in total. The molecule has 1 heterocycles. The van der Waals surface area contributed by atoms with Gasteiger partial charge in [-0.05, 0) is 6.92 Å². The molecule has 0 aromatic carbocycles. The molecule has 0 amide bonds. The fourth-order valence-corrected chi connectivity index (χ4v) is 1.01. The van der Waals surface area contributed by atoms with E-state index in [1.165, 1.54) is 14.0 Å². The molecule has 1 rings (SSSR count). The number of nitrogens with zero attached hydrogens (tertiary/aromatic N) is 2. The van der Waals surface area contributed by atoms with Crippen LogP contribution in [-0.4, -0.2) is 9.49 Å². The number of hydrogen-bond donors (Lipinski definition) is 1. The Hall–Kier alpha value is -1.85. The fraction of sp³-hybridized carbons (Fsp3) is 0.286. The maximum atomic E-state index is 11.2. The Balaban J connectivity index is 3.60. The summed E-state index contributed by atoms with van der Waals surface area (Å²) in [6.07, 6.45) is 1.16. The second-order valence-corrected chi connectivity index (χ2v) is 2.73. The summed E-state index contributed by atoms with van der Waals surface area (Å²) in [5, 5.41) is 10.5. The van der Waals surface area contributed by atoms with Crippen molar-refractivity contribution in [2.24, 2.45) is 7.05 Å². The minimum absolute atomic E-state index is 0.0725. The fourth-order valence-electron chi connectivity index (χ4n) is 1.01. The molecule has 0 saturated carbocycles. The number of pyridine rings is 1. The van der Waals surface area contributed by atoms with E-state index in [0.29, 0.717) is 0 Å². The Morgan fingerprint density at radius 2 is 2.15 bits per heavy atom. The van der Waals surface area contributed by atoms with Crippen molar-refractivity contribution in [3.8, 4) is 0 Å². The lowest BCUT2D eigenvalue weighted by Gasteiger charge is -2.03. The van der Waals surface area contributed by atoms with E-state index in [1.54, 1.807) is 0 Å². The average molecular weight is 183 g/mol. The summed E-state index contributed by atoms with van der Waals surface area (Å²) in [6, 6.07) is 0. The first kappa shape index (κ1) is 9.24. The second-order valence-electron chi connectivity index (χ2n) is 2.73. The predicted molar refractivity (Wildman–Crippen MR) is 47.5 cm³/mol. The zero-order chi connectivity index (χ0) is 10.2. The van der Waals surface area contributed by atoms with Gasteiger partial charge in [-0.3, -0.25) is 14.9 Å². The smallest absolute Gasteiger partial charge is 0.290 e. The first-order chi connectivity index (χ1) is 5.95. The Bertz CT molecular complexity index is 422. The lowest BCUT2D eigenvalue weighted by Crippen LogP contribution is -2.21. The summed E-state index contributed by atoms with van der Waals surface area (Å²) in [6.45, 7) is 1.45. The zero-order valence-electron chi connectivity index (χ0n) is 7.27. The molecule has 0 radical (unpaired) electrons. The maximum Gasteiger partial charge on any atom is 0.290 e. The van der Waals surface area contributed by atoms with Crippen molar-refractivity contribution in [1.29, 1.82) is 0 Å². The van der Waals surface area contributed by atoms with E-state index in [1.807, 2.05) is 0 Å². The molecule has 6 heteroatoms. The van der Waals surface area contributed by atoms with E-state index in [4.69, 9.17) is 5.73 Å². The number of anilines is 1. The van der Waals surface area contributed by atoms with Crippen molar-refractivity contribution in [2.75, 3.05) is 5.73 Å². The molecule has 0 spiro atoms. The van der Waals surface area contributed by atoms with Crippen molar-refractivity contribution in [1.82, 2.24) is 4.57 Å². The molecule has 0 bridgehead atoms. The first-order valence-electron chi connectivity index (χ1n) is 3.55. The van der Waals surface area contributed by atoms with E-state index in [2.05, 4.69) is 0 Å². The molecule has 0 aliphatic heterocycles. The second kappa shape index (κ2) is 2.89. The van der Waals surface area contributed by atoms with Crippen LogP contribution >= 0.6 is 0 Å². The molecule has 70 valence electrons. The summed E-state index contributed by atoms with van der Waals surface area (Å²) in [7, 11) is 1.42. The van der Waals surface area contributed by atoms with E-state index >= 15 is 0 Å². The van der Waals surface area contributed by atoms with Gasteiger partial charge in [0.25, 0.3) is 11.2 Å². The maximum absolute atomic E-state index is 11.2. The van der Waals surface area contributed by atoms with Gasteiger partial charge in [0.1, 0.15) is 5.69 Å². The Labute approximate surface area is 73.7 Å². The predicted octanol–water partition coefficient (Wildman–Crippen LogP) is 0.184. The van der Waals surface area contributed by atoms with Crippen molar-refractivity contribution < 1.29 is 4.92 Å². The highest BCUT2D eigenvalue weighted by atomic mass is 16.6. The number of rotatable bonds is 1. The summed E-state index contributed by atoms with van der Waals surface area (Å²) >= 11 is 0. The van der Waals surface area contributed by atoms with Crippen LogP contribution in [0.5, 0.6) is 0 Å². The molecule has 0 aliphatic rings. The van der Waals surface area contributed by atoms with Crippen molar-refractivity contribution in [2.45, 2.75) is 6.92 Å². The van der Waals surface area contributed by atoms with Gasteiger partial charge in [-0.2, -0.15) is 0 Å². The summed E-state index contributed by atoms with van der Waals surface area (Å²) < 4.78 is 1.10. The van der Waals surface area contributed by atoms with Gasteiger partial charge >= 0.3 is 0 Å². The Morgan fingerprint density at radius 1 is 1.62 bits per heavy atom. The highest BCUT2D eigenvalue weighted by Crippen LogP contribution is 2.18. The molecule has 0 unspecified atom stereocenters. The summed E-state index contributed by atoms with van der Waals surface area (Å²) in [5.41, 5.74) is 4.97. The number of nitrogen functional groups attached to an aromatic ring is 1. The van der Waals surface area contributed by atoms with Gasteiger partial charge in [0, 0.05) is 7.05 Å². The van der Waals surface area contributed by atoms with Gasteiger partial charge in [0.2, 0.25) is 0 Å². The minimum atomic E-state index is -0.564. The van der Waals surface area contributed by atoms with Crippen LogP contribution in [0.4, 0.5) is 11.4 Å². The number of aryl methyl sites for hydroxylation is 1. The number of hydrogen-bond acceptors (Lipinski definition) is 4. The van der Waals surface area contributed by atoms with E-state index in [9.17, 15) is 14.9 Å². The molecule has 0 fully saturated rings. The third kappa shape index (κ3) is 1.37. The van der Waals surface area contributed by atoms with Crippen LogP contribution in [0.2, 0.25) is 0 Å². The van der Waals surface area contributed by atoms with Crippen LogP contribution in [-0.2, 0) is 7.05 Å². The van der Waals surface area contributed by atoms with Crippen LogP contribution in [0.1, 0.15) is 5.56 Å². The van der Waals surface area contributed by atoms with Crippen LogP contribution in [0.25, 0.3) is 0 Å². The van der Waals surface area contributed by atoms with Gasteiger partial charge in [-0.25, -0.2) is 0 Å². The standard InChI is InChI=1S/C7H9N3O3/c1-4-5(10(12)13)3-9(2)7(11)6(4)8/h3H,8H2,1-2H3. The van der Waals surface area contributed by atoms with Gasteiger partial charge < -0.3 is 10.3 Å². The van der Waals surface area contributed by atoms with Crippen molar-refractivity contribution in [3.05, 3.63) is 32.2 Å². The van der Waals surface area contributed by atoms with Gasteiger partial charge in [-0.15, -0.1) is 0 Å². The van der Waals surface area contributed by atoms with E-state index in [0.717, 1.165) is 10.8 Å². The van der Waals surface area contributed by atoms with Crippen LogP contribution in [0, 0.1) is 17.0 Å². The average Bonchev–Trinajstić information content (AvgIpc) is 2.07. The monoisotopic (exact) mass is 183 g/mol. The third-order valence-corrected chi connectivity index (χ3v) is 1.85. The molecule has 0 aliphatic carbocycles. The molecule has 1 aromatic heterocycles. The van der Waals surface area contributed by atoms with Crippen LogP contribution < -0.4 is 11.3 Å². The normalized spacial score (nSPS) is 10.0. The lowest BCUT2D eigenvalue weighted by atomic mass is 10.2. The quantitative estimate of drug-likeness (QED) is 0.496. The lowest BCUT2D eigenvalue weighted by molar-refractivity contribution is -0.385. The van der Waals surface area contributed by atoms with Crippen LogP contribution in [0.15, 0.2) is 11.0 Å². The molecular formula is C7H9N3O3. The highest BCUT2D eigenvalue weighted by molar-refractivity contribution is 5.54. The molecule has 13 heavy (non-hydrogen) atoms. The Morgan fingerprint density at radius 3 is 2.62 bits per heavy atom. The SMILES string of the molecule is Cc1c([N+](=O)[O-])cn(C)c(=O)c1N. The first-order valence-corrected chi connectivity index (χ1v) is 3.55. The van der Waals surface area contributed by atoms with Crippen molar-refractivity contribution >= 4 is 11.4 Å². The van der Waals surface area contributed by atoms with E-state index in [-0.39, 0.29) is 16.9 Å². The zero-order valence-corrected chi connectivity index (χ0v) is 7.27. The Kier molecular flexibility index (Phi) is 2.05. The number of nitrogens with two attached hydrogens (primary N) is 1. The molecule has 2 N–H and O–H groups in total. The van der Waals surface area contributed by atoms with Gasteiger partial charge in [0.15, 0.2) is 0 Å². The largest absolute Gasteiger partial charge is 0.394 e. The minimum Gasteiger partial charge on any atom is -0.394 e. The molecule has 1 aromatic rings. The van der Waals surface area contributed by atoms with Crippen molar-refractivity contribution in [3.63, 3.8) is 0 Å². The molecule has 0 saturated heterocycles. The van der Waals surface area contributed by atoms with E-state index < -0.39 is 10.5 Å². The van der Waals surface area contributed by atoms with Gasteiger partial charge in [-0.1, -0.05) is 0 Å². The number of nitro groups is 1. The molecule has 0 atom stereocenters. The summed E-state index contributed by atoms with van der Waals surface area (Å²) in [5.74, 6) is 0. The summed E-state index contributed by atoms with van der Waals surface area (Å²) in [4.78, 5) is 21.1. The third-order valence-electron chi connectivity index (χ3n) is 1.85. The number of aromatic nitrogens is 1. The van der Waals surface area contributed by atoms with Gasteiger partial charge in [0.05, 0.1) is 16.7 Å².